The van der Waals surface area contributed by atoms with E-state index in [1.807, 2.05) is 4.90 Å². The Bertz CT molecular complexity index is 675. The van der Waals surface area contributed by atoms with Crippen molar-refractivity contribution >= 4 is 11.8 Å². The molecule has 3 rings (SSSR count). The number of rotatable bonds is 6. The number of aromatic nitrogens is 2. The molecule has 25 heavy (non-hydrogen) atoms. The van der Waals surface area contributed by atoms with Gasteiger partial charge in [-0.1, -0.05) is 0 Å². The van der Waals surface area contributed by atoms with Crippen molar-refractivity contribution in [2.45, 2.75) is 38.2 Å². The van der Waals surface area contributed by atoms with Crippen molar-refractivity contribution in [2.75, 3.05) is 32.8 Å². The SMILES string of the molecule is O=C1CCCN1CCC(=O)N1CCOC(CCc2cc(=O)[nH]cn2)C1. The summed E-state index contributed by atoms with van der Waals surface area (Å²) < 4.78 is 5.73. The fraction of sp³-hybridized carbons (Fsp3) is 0.647. The molecule has 0 spiro atoms. The largest absolute Gasteiger partial charge is 0.375 e. The Morgan fingerprint density at radius 1 is 1.36 bits per heavy atom. The summed E-state index contributed by atoms with van der Waals surface area (Å²) >= 11 is 0. The fourth-order valence-corrected chi connectivity index (χ4v) is 3.30. The average molecular weight is 348 g/mol. The van der Waals surface area contributed by atoms with E-state index in [9.17, 15) is 14.4 Å². The number of carbonyl (C=O) groups excluding carboxylic acids is 2. The first kappa shape index (κ1) is 17.6. The monoisotopic (exact) mass is 348 g/mol. The van der Waals surface area contributed by atoms with E-state index in [2.05, 4.69) is 9.97 Å². The average Bonchev–Trinajstić information content (AvgIpc) is 3.03. The standard InChI is InChI=1S/C17H24N4O4/c22-15-10-13(18-12-19-15)3-4-14-11-21(8-9-25-14)17(24)5-7-20-6-1-2-16(20)23/h10,12,14H,1-9,11H2,(H,18,19,22). The number of nitrogens with zero attached hydrogens (tertiary/aromatic N) is 3. The van der Waals surface area contributed by atoms with Gasteiger partial charge in [0.25, 0.3) is 5.56 Å². The van der Waals surface area contributed by atoms with Crippen molar-refractivity contribution in [2.24, 2.45) is 0 Å². The maximum Gasteiger partial charge on any atom is 0.250 e. The van der Waals surface area contributed by atoms with Gasteiger partial charge in [-0.2, -0.15) is 0 Å². The van der Waals surface area contributed by atoms with Crippen LogP contribution >= 0.6 is 0 Å². The number of amides is 2. The molecular formula is C17H24N4O4. The van der Waals surface area contributed by atoms with Crippen LogP contribution in [-0.2, 0) is 20.7 Å². The normalized spacial score (nSPS) is 21.0. The molecule has 8 nitrogen and oxygen atoms in total. The van der Waals surface area contributed by atoms with Crippen molar-refractivity contribution in [1.29, 1.82) is 0 Å². The molecule has 0 bridgehead atoms. The van der Waals surface area contributed by atoms with Gasteiger partial charge in [-0.15, -0.1) is 0 Å². The number of H-pyrrole nitrogens is 1. The second-order valence-electron chi connectivity index (χ2n) is 6.51. The third-order valence-electron chi connectivity index (χ3n) is 4.72. The number of hydrogen-bond acceptors (Lipinski definition) is 5. The van der Waals surface area contributed by atoms with Crippen molar-refractivity contribution in [3.8, 4) is 0 Å². The van der Waals surface area contributed by atoms with Crippen LogP contribution in [0.15, 0.2) is 17.2 Å². The first-order chi connectivity index (χ1) is 12.1. The number of ether oxygens (including phenoxy) is 1. The van der Waals surface area contributed by atoms with Gasteiger partial charge in [0.15, 0.2) is 0 Å². The topological polar surface area (TPSA) is 95.6 Å². The molecule has 0 saturated carbocycles. The molecule has 2 aliphatic rings. The van der Waals surface area contributed by atoms with Gasteiger partial charge in [-0.05, 0) is 19.3 Å². The van der Waals surface area contributed by atoms with E-state index in [1.54, 1.807) is 4.90 Å². The van der Waals surface area contributed by atoms with Crippen LogP contribution in [0.4, 0.5) is 0 Å². The molecule has 0 radical (unpaired) electrons. The van der Waals surface area contributed by atoms with Gasteiger partial charge in [-0.25, -0.2) is 4.98 Å². The highest BCUT2D eigenvalue weighted by Crippen LogP contribution is 2.14. The lowest BCUT2D eigenvalue weighted by molar-refractivity contribution is -0.139. The number of nitrogens with one attached hydrogen (secondary N) is 1. The summed E-state index contributed by atoms with van der Waals surface area (Å²) in [5.41, 5.74) is 0.561. The maximum absolute atomic E-state index is 12.4. The lowest BCUT2D eigenvalue weighted by Crippen LogP contribution is -2.46. The number of aryl methyl sites for hydroxylation is 1. The van der Waals surface area contributed by atoms with Crippen LogP contribution in [0, 0.1) is 0 Å². The Hall–Kier alpha value is -2.22. The van der Waals surface area contributed by atoms with Crippen LogP contribution in [0.2, 0.25) is 0 Å². The molecule has 2 fully saturated rings. The molecule has 2 aliphatic heterocycles. The zero-order valence-electron chi connectivity index (χ0n) is 14.3. The summed E-state index contributed by atoms with van der Waals surface area (Å²) in [4.78, 5) is 45.5. The van der Waals surface area contributed by atoms with E-state index < -0.39 is 0 Å². The van der Waals surface area contributed by atoms with E-state index in [4.69, 9.17) is 4.74 Å². The summed E-state index contributed by atoms with van der Waals surface area (Å²) in [6.45, 7) is 2.93. The highest BCUT2D eigenvalue weighted by molar-refractivity contribution is 5.80. The molecule has 1 aromatic heterocycles. The molecule has 1 N–H and O–H groups in total. The Balaban J connectivity index is 1.44. The molecule has 1 aromatic rings. The summed E-state index contributed by atoms with van der Waals surface area (Å²) in [5.74, 6) is 0.222. The van der Waals surface area contributed by atoms with E-state index in [1.165, 1.54) is 12.4 Å². The lowest BCUT2D eigenvalue weighted by Gasteiger charge is -2.33. The quantitative estimate of drug-likeness (QED) is 0.777. The zero-order valence-corrected chi connectivity index (χ0v) is 14.3. The van der Waals surface area contributed by atoms with Crippen LogP contribution in [0.25, 0.3) is 0 Å². The van der Waals surface area contributed by atoms with Gasteiger partial charge in [0, 0.05) is 50.8 Å². The smallest absolute Gasteiger partial charge is 0.250 e. The van der Waals surface area contributed by atoms with Crippen LogP contribution < -0.4 is 5.56 Å². The molecule has 1 atom stereocenters. The molecule has 1 unspecified atom stereocenters. The predicted molar refractivity (Wildman–Crippen MR) is 89.9 cm³/mol. The van der Waals surface area contributed by atoms with Crippen LogP contribution in [0.1, 0.15) is 31.4 Å². The van der Waals surface area contributed by atoms with E-state index in [0.29, 0.717) is 51.9 Å². The van der Waals surface area contributed by atoms with Crippen LogP contribution in [0.5, 0.6) is 0 Å². The Labute approximate surface area is 146 Å². The summed E-state index contributed by atoms with van der Waals surface area (Å²) in [5, 5.41) is 0. The second-order valence-corrected chi connectivity index (χ2v) is 6.51. The van der Waals surface area contributed by atoms with Gasteiger partial charge in [0.2, 0.25) is 11.8 Å². The Kier molecular flexibility index (Phi) is 5.80. The third kappa shape index (κ3) is 4.88. The Morgan fingerprint density at radius 2 is 2.24 bits per heavy atom. The molecular weight excluding hydrogens is 324 g/mol. The highest BCUT2D eigenvalue weighted by Gasteiger charge is 2.26. The minimum absolute atomic E-state index is 0.0489. The predicted octanol–water partition coefficient (Wildman–Crippen LogP) is -0.0576. The summed E-state index contributed by atoms with van der Waals surface area (Å²) in [7, 11) is 0. The molecule has 0 aromatic carbocycles. The number of likely N-dealkylation sites (tertiary alicyclic amines) is 1. The van der Waals surface area contributed by atoms with Crippen molar-refractivity contribution in [3.63, 3.8) is 0 Å². The van der Waals surface area contributed by atoms with Gasteiger partial charge in [0.1, 0.15) is 0 Å². The number of hydrogen-bond donors (Lipinski definition) is 1. The summed E-state index contributed by atoms with van der Waals surface area (Å²) in [6, 6.07) is 1.48. The van der Waals surface area contributed by atoms with Gasteiger partial charge in [0.05, 0.1) is 19.0 Å². The van der Waals surface area contributed by atoms with Crippen LogP contribution in [-0.4, -0.2) is 70.5 Å². The Morgan fingerprint density at radius 3 is 3.00 bits per heavy atom. The summed E-state index contributed by atoms with van der Waals surface area (Å²) in [6.07, 6.45) is 4.56. The molecule has 2 amide bonds. The zero-order chi connectivity index (χ0) is 17.6. The van der Waals surface area contributed by atoms with Crippen molar-refractivity contribution in [1.82, 2.24) is 19.8 Å². The van der Waals surface area contributed by atoms with Crippen LogP contribution in [0.3, 0.4) is 0 Å². The minimum atomic E-state index is -0.164. The first-order valence-corrected chi connectivity index (χ1v) is 8.82. The van der Waals surface area contributed by atoms with E-state index in [0.717, 1.165) is 18.7 Å². The van der Waals surface area contributed by atoms with Gasteiger partial charge in [-0.3, -0.25) is 14.4 Å². The van der Waals surface area contributed by atoms with Crippen molar-refractivity contribution in [3.05, 3.63) is 28.4 Å². The highest BCUT2D eigenvalue weighted by atomic mass is 16.5. The van der Waals surface area contributed by atoms with Crippen molar-refractivity contribution < 1.29 is 14.3 Å². The maximum atomic E-state index is 12.4. The molecule has 2 saturated heterocycles. The van der Waals surface area contributed by atoms with E-state index >= 15 is 0 Å². The minimum Gasteiger partial charge on any atom is -0.375 e. The fourth-order valence-electron chi connectivity index (χ4n) is 3.30. The lowest BCUT2D eigenvalue weighted by atomic mass is 10.1. The molecule has 0 aliphatic carbocycles. The number of morpholine rings is 1. The molecule has 3 heterocycles. The number of carbonyl (C=O) groups is 2. The van der Waals surface area contributed by atoms with Gasteiger partial charge < -0.3 is 19.5 Å². The number of aromatic amines is 1. The first-order valence-electron chi connectivity index (χ1n) is 8.82. The third-order valence-corrected chi connectivity index (χ3v) is 4.72. The molecule has 8 heteroatoms. The molecule has 136 valence electrons. The second kappa shape index (κ2) is 8.24. The van der Waals surface area contributed by atoms with Gasteiger partial charge >= 0.3 is 0 Å². The van der Waals surface area contributed by atoms with E-state index in [-0.39, 0.29) is 23.5 Å².